The van der Waals surface area contributed by atoms with E-state index in [1.54, 1.807) is 11.7 Å². The molecular weight excluding hydrogens is 216 g/mol. The Morgan fingerprint density at radius 3 is 2.71 bits per heavy atom. The molecule has 1 heterocycles. The topological polar surface area (TPSA) is 43.3 Å². The highest BCUT2D eigenvalue weighted by atomic mass is 16.5. The van der Waals surface area contributed by atoms with Gasteiger partial charge in [0.2, 0.25) is 0 Å². The van der Waals surface area contributed by atoms with Crippen LogP contribution in [0.3, 0.4) is 0 Å². The lowest BCUT2D eigenvalue weighted by molar-refractivity contribution is 0.185. The molecule has 1 aromatic rings. The SMILES string of the molecule is COCCn1c(C)ccc(CNC(C)C)c1=O. The van der Waals surface area contributed by atoms with E-state index in [1.165, 1.54) is 0 Å². The number of aromatic nitrogens is 1. The molecule has 0 amide bonds. The molecule has 0 unspecified atom stereocenters. The quantitative estimate of drug-likeness (QED) is 0.812. The molecule has 1 N–H and O–H groups in total. The standard InChI is InChI=1S/C13H22N2O2/c1-10(2)14-9-12-6-5-11(3)15(13(12)16)7-8-17-4/h5-6,10,14H,7-9H2,1-4H3. The molecule has 0 aliphatic rings. The number of nitrogens with one attached hydrogen (secondary N) is 1. The third-order valence-electron chi connectivity index (χ3n) is 2.69. The minimum atomic E-state index is 0.0789. The second-order valence-electron chi connectivity index (χ2n) is 4.49. The molecule has 0 aromatic carbocycles. The van der Waals surface area contributed by atoms with Crippen LogP contribution in [0, 0.1) is 6.92 Å². The lowest BCUT2D eigenvalue weighted by Crippen LogP contribution is -2.31. The molecule has 4 nitrogen and oxygen atoms in total. The predicted molar refractivity (Wildman–Crippen MR) is 69.3 cm³/mol. The number of ether oxygens (including phenoxy) is 1. The lowest BCUT2D eigenvalue weighted by atomic mass is 10.2. The summed E-state index contributed by atoms with van der Waals surface area (Å²) in [5, 5.41) is 3.26. The number of rotatable bonds is 6. The summed E-state index contributed by atoms with van der Waals surface area (Å²) < 4.78 is 6.78. The number of nitrogens with zero attached hydrogens (tertiary/aromatic N) is 1. The Hall–Kier alpha value is -1.13. The Labute approximate surface area is 103 Å². The van der Waals surface area contributed by atoms with Gasteiger partial charge < -0.3 is 14.6 Å². The molecule has 96 valence electrons. The van der Waals surface area contributed by atoms with Crippen molar-refractivity contribution in [3.05, 3.63) is 33.7 Å². The second kappa shape index (κ2) is 6.57. The van der Waals surface area contributed by atoms with Crippen molar-refractivity contribution >= 4 is 0 Å². The van der Waals surface area contributed by atoms with E-state index in [4.69, 9.17) is 4.74 Å². The summed E-state index contributed by atoms with van der Waals surface area (Å²) >= 11 is 0. The highest BCUT2D eigenvalue weighted by molar-refractivity contribution is 5.15. The molecule has 0 radical (unpaired) electrons. The van der Waals surface area contributed by atoms with Crippen molar-refractivity contribution in [2.24, 2.45) is 0 Å². The van der Waals surface area contributed by atoms with E-state index in [-0.39, 0.29) is 5.56 Å². The zero-order chi connectivity index (χ0) is 12.8. The van der Waals surface area contributed by atoms with E-state index in [2.05, 4.69) is 19.2 Å². The smallest absolute Gasteiger partial charge is 0.255 e. The van der Waals surface area contributed by atoms with Gasteiger partial charge in [-0.2, -0.15) is 0 Å². The molecule has 4 heteroatoms. The summed E-state index contributed by atoms with van der Waals surface area (Å²) in [4.78, 5) is 12.2. The number of hydrogen-bond donors (Lipinski definition) is 1. The molecule has 17 heavy (non-hydrogen) atoms. The third kappa shape index (κ3) is 3.98. The molecule has 0 aliphatic carbocycles. The first-order chi connectivity index (χ1) is 8.06. The molecule has 0 atom stereocenters. The number of methoxy groups -OCH3 is 1. The van der Waals surface area contributed by atoms with E-state index in [1.807, 2.05) is 19.1 Å². The summed E-state index contributed by atoms with van der Waals surface area (Å²) in [6, 6.07) is 4.26. The Balaban J connectivity index is 2.89. The van der Waals surface area contributed by atoms with E-state index in [0.29, 0.717) is 25.7 Å². The van der Waals surface area contributed by atoms with Crippen LogP contribution < -0.4 is 10.9 Å². The van der Waals surface area contributed by atoms with Crippen molar-refractivity contribution in [2.45, 2.75) is 39.9 Å². The van der Waals surface area contributed by atoms with Crippen LogP contribution in [0.15, 0.2) is 16.9 Å². The Morgan fingerprint density at radius 1 is 1.41 bits per heavy atom. The normalized spacial score (nSPS) is 11.1. The monoisotopic (exact) mass is 238 g/mol. The number of hydrogen-bond acceptors (Lipinski definition) is 3. The van der Waals surface area contributed by atoms with Crippen LogP contribution in [0.5, 0.6) is 0 Å². The first-order valence-corrected chi connectivity index (χ1v) is 5.98. The van der Waals surface area contributed by atoms with Crippen LogP contribution in [-0.4, -0.2) is 24.3 Å². The van der Waals surface area contributed by atoms with Gasteiger partial charge in [0.05, 0.1) is 6.61 Å². The summed E-state index contributed by atoms with van der Waals surface area (Å²) in [7, 11) is 1.64. The van der Waals surface area contributed by atoms with E-state index < -0.39 is 0 Å². The molecule has 0 aliphatic heterocycles. The van der Waals surface area contributed by atoms with E-state index in [0.717, 1.165) is 11.3 Å². The molecular formula is C13H22N2O2. The number of pyridine rings is 1. The van der Waals surface area contributed by atoms with Crippen molar-refractivity contribution < 1.29 is 4.74 Å². The third-order valence-corrected chi connectivity index (χ3v) is 2.69. The molecule has 0 saturated heterocycles. The minimum absolute atomic E-state index is 0.0789. The van der Waals surface area contributed by atoms with Crippen LogP contribution in [0.2, 0.25) is 0 Å². The van der Waals surface area contributed by atoms with Gasteiger partial charge in [0.25, 0.3) is 5.56 Å². The minimum Gasteiger partial charge on any atom is -0.383 e. The van der Waals surface area contributed by atoms with Crippen molar-refractivity contribution in [1.29, 1.82) is 0 Å². The Kier molecular flexibility index (Phi) is 5.38. The largest absolute Gasteiger partial charge is 0.383 e. The Morgan fingerprint density at radius 2 is 2.12 bits per heavy atom. The highest BCUT2D eigenvalue weighted by Gasteiger charge is 2.06. The second-order valence-corrected chi connectivity index (χ2v) is 4.49. The van der Waals surface area contributed by atoms with Crippen LogP contribution in [-0.2, 0) is 17.8 Å². The van der Waals surface area contributed by atoms with Crippen LogP contribution in [0.1, 0.15) is 25.1 Å². The summed E-state index contributed by atoms with van der Waals surface area (Å²) in [5.41, 5.74) is 1.86. The Bertz CT molecular complexity index is 410. The van der Waals surface area contributed by atoms with Gasteiger partial charge >= 0.3 is 0 Å². The van der Waals surface area contributed by atoms with Crippen LogP contribution in [0.25, 0.3) is 0 Å². The van der Waals surface area contributed by atoms with E-state index >= 15 is 0 Å². The van der Waals surface area contributed by atoms with Gasteiger partial charge in [-0.25, -0.2) is 0 Å². The number of aryl methyl sites for hydroxylation is 1. The van der Waals surface area contributed by atoms with Gasteiger partial charge in [-0.3, -0.25) is 4.79 Å². The van der Waals surface area contributed by atoms with Crippen LogP contribution in [0.4, 0.5) is 0 Å². The molecule has 0 spiro atoms. The molecule has 0 saturated carbocycles. The van der Waals surface area contributed by atoms with Crippen molar-refractivity contribution in [2.75, 3.05) is 13.7 Å². The van der Waals surface area contributed by atoms with Crippen molar-refractivity contribution in [1.82, 2.24) is 9.88 Å². The fourth-order valence-electron chi connectivity index (χ4n) is 1.63. The predicted octanol–water partition coefficient (Wildman–Crippen LogP) is 1.30. The average Bonchev–Trinajstić information content (AvgIpc) is 2.27. The van der Waals surface area contributed by atoms with Gasteiger partial charge in [-0.15, -0.1) is 0 Å². The first-order valence-electron chi connectivity index (χ1n) is 5.98. The zero-order valence-electron chi connectivity index (χ0n) is 11.1. The van der Waals surface area contributed by atoms with Crippen molar-refractivity contribution in [3.63, 3.8) is 0 Å². The summed E-state index contributed by atoms with van der Waals surface area (Å²) in [5.74, 6) is 0. The van der Waals surface area contributed by atoms with Gasteiger partial charge in [0.1, 0.15) is 0 Å². The maximum atomic E-state index is 12.2. The van der Waals surface area contributed by atoms with Gasteiger partial charge in [-0.05, 0) is 13.0 Å². The molecule has 0 fully saturated rings. The molecule has 1 rings (SSSR count). The average molecular weight is 238 g/mol. The van der Waals surface area contributed by atoms with Gasteiger partial charge in [0, 0.05) is 37.5 Å². The summed E-state index contributed by atoms with van der Waals surface area (Å²) in [6.45, 7) is 7.86. The maximum Gasteiger partial charge on any atom is 0.255 e. The summed E-state index contributed by atoms with van der Waals surface area (Å²) in [6.07, 6.45) is 0. The van der Waals surface area contributed by atoms with Crippen LogP contribution >= 0.6 is 0 Å². The first kappa shape index (κ1) is 13.9. The van der Waals surface area contributed by atoms with Crippen molar-refractivity contribution in [3.8, 4) is 0 Å². The lowest BCUT2D eigenvalue weighted by Gasteiger charge is -2.13. The molecule has 0 bridgehead atoms. The van der Waals surface area contributed by atoms with Gasteiger partial charge in [0.15, 0.2) is 0 Å². The zero-order valence-corrected chi connectivity index (χ0v) is 11.1. The fraction of sp³-hybridized carbons (Fsp3) is 0.615. The highest BCUT2D eigenvalue weighted by Crippen LogP contribution is 1.99. The van der Waals surface area contributed by atoms with E-state index in [9.17, 15) is 4.79 Å². The fourth-order valence-corrected chi connectivity index (χ4v) is 1.63. The molecule has 1 aromatic heterocycles. The maximum absolute atomic E-state index is 12.2. The van der Waals surface area contributed by atoms with Gasteiger partial charge in [-0.1, -0.05) is 19.9 Å².